The number of hydrogen-bond acceptors (Lipinski definition) is 7. The van der Waals surface area contributed by atoms with E-state index in [2.05, 4.69) is 24.9 Å². The lowest BCUT2D eigenvalue weighted by Gasteiger charge is -2.38. The smallest absolute Gasteiger partial charge is 0.237 e. The van der Waals surface area contributed by atoms with Gasteiger partial charge in [0.1, 0.15) is 11.5 Å². The van der Waals surface area contributed by atoms with Crippen LogP contribution in [-0.4, -0.2) is 70.1 Å². The number of rotatable bonds is 4. The van der Waals surface area contributed by atoms with Gasteiger partial charge in [-0.2, -0.15) is 0 Å². The Labute approximate surface area is 159 Å². The van der Waals surface area contributed by atoms with Crippen LogP contribution in [-0.2, 0) is 4.79 Å². The zero-order valence-electron chi connectivity index (χ0n) is 15.8. The molecule has 0 unspecified atom stereocenters. The molecule has 1 atom stereocenters. The first-order valence-corrected chi connectivity index (χ1v) is 9.68. The highest BCUT2D eigenvalue weighted by Crippen LogP contribution is 2.30. The molecular weight excluding hydrogens is 344 g/mol. The molecule has 0 aliphatic carbocycles. The molecule has 0 bridgehead atoms. The molecule has 2 saturated heterocycles. The average molecular weight is 370 g/mol. The standard InChI is InChI=1S/C19H26N6O2/c1-15-13-16(22-27-15)17-5-2-3-8-25(17)18(26)14-23-9-11-24(12-10-23)19-20-6-4-7-21-19/h4,6-7,13,17H,2-3,5,8-12,14H2,1H3/t17-/m1/s1. The summed E-state index contributed by atoms with van der Waals surface area (Å²) in [4.78, 5) is 28.0. The molecule has 1 amide bonds. The van der Waals surface area contributed by atoms with E-state index in [-0.39, 0.29) is 11.9 Å². The summed E-state index contributed by atoms with van der Waals surface area (Å²) >= 11 is 0. The molecule has 4 rings (SSSR count). The molecule has 2 aliphatic heterocycles. The Kier molecular flexibility index (Phi) is 5.33. The first kappa shape index (κ1) is 17.9. The quantitative estimate of drug-likeness (QED) is 0.810. The molecule has 144 valence electrons. The summed E-state index contributed by atoms with van der Waals surface area (Å²) in [6, 6.07) is 3.82. The zero-order valence-corrected chi connectivity index (χ0v) is 15.8. The maximum Gasteiger partial charge on any atom is 0.237 e. The van der Waals surface area contributed by atoms with Crippen molar-refractivity contribution in [3.8, 4) is 0 Å². The van der Waals surface area contributed by atoms with Gasteiger partial charge < -0.3 is 14.3 Å². The number of aromatic nitrogens is 3. The van der Waals surface area contributed by atoms with E-state index in [1.165, 1.54) is 0 Å². The van der Waals surface area contributed by atoms with Crippen molar-refractivity contribution in [2.75, 3.05) is 44.2 Å². The summed E-state index contributed by atoms with van der Waals surface area (Å²) in [7, 11) is 0. The van der Waals surface area contributed by atoms with E-state index in [4.69, 9.17) is 4.52 Å². The number of hydrogen-bond donors (Lipinski definition) is 0. The Hall–Kier alpha value is -2.48. The lowest BCUT2D eigenvalue weighted by molar-refractivity contribution is -0.136. The maximum atomic E-state index is 13.0. The van der Waals surface area contributed by atoms with Crippen molar-refractivity contribution < 1.29 is 9.32 Å². The van der Waals surface area contributed by atoms with Crippen LogP contribution in [0, 0.1) is 6.92 Å². The highest BCUT2D eigenvalue weighted by Gasteiger charge is 2.31. The Bertz CT molecular complexity index is 757. The first-order valence-electron chi connectivity index (χ1n) is 9.68. The molecule has 8 nitrogen and oxygen atoms in total. The van der Waals surface area contributed by atoms with Gasteiger partial charge in [-0.1, -0.05) is 5.16 Å². The Morgan fingerprint density at radius 2 is 1.93 bits per heavy atom. The number of carbonyl (C=O) groups is 1. The predicted molar refractivity (Wildman–Crippen MR) is 100 cm³/mol. The van der Waals surface area contributed by atoms with Gasteiger partial charge in [0.25, 0.3) is 0 Å². The highest BCUT2D eigenvalue weighted by atomic mass is 16.5. The van der Waals surface area contributed by atoms with Crippen molar-refractivity contribution in [1.82, 2.24) is 24.9 Å². The number of piperidine rings is 1. The second-order valence-corrected chi connectivity index (χ2v) is 7.27. The largest absolute Gasteiger partial charge is 0.361 e. The Morgan fingerprint density at radius 1 is 1.15 bits per heavy atom. The van der Waals surface area contributed by atoms with Crippen molar-refractivity contribution in [3.05, 3.63) is 36.0 Å². The predicted octanol–water partition coefficient (Wildman–Crippen LogP) is 1.65. The summed E-state index contributed by atoms with van der Waals surface area (Å²) < 4.78 is 5.23. The molecule has 2 fully saturated rings. The van der Waals surface area contributed by atoms with Gasteiger partial charge in [-0.15, -0.1) is 0 Å². The maximum absolute atomic E-state index is 13.0. The van der Waals surface area contributed by atoms with Gasteiger partial charge in [-0.3, -0.25) is 9.69 Å². The van der Waals surface area contributed by atoms with Gasteiger partial charge >= 0.3 is 0 Å². The van der Waals surface area contributed by atoms with Crippen LogP contribution in [0.1, 0.15) is 36.8 Å². The molecule has 2 aromatic heterocycles. The van der Waals surface area contributed by atoms with Crippen molar-refractivity contribution in [2.24, 2.45) is 0 Å². The van der Waals surface area contributed by atoms with Crippen molar-refractivity contribution in [2.45, 2.75) is 32.2 Å². The number of likely N-dealkylation sites (tertiary alicyclic amines) is 1. The third-order valence-corrected chi connectivity index (χ3v) is 5.38. The Balaban J connectivity index is 1.34. The molecule has 2 aromatic rings. The minimum absolute atomic E-state index is 0.0442. The summed E-state index contributed by atoms with van der Waals surface area (Å²) in [5, 5.41) is 4.16. The van der Waals surface area contributed by atoms with Crippen LogP contribution >= 0.6 is 0 Å². The average Bonchev–Trinajstić information content (AvgIpc) is 3.15. The Morgan fingerprint density at radius 3 is 2.63 bits per heavy atom. The fraction of sp³-hybridized carbons (Fsp3) is 0.579. The van der Waals surface area contributed by atoms with Gasteiger partial charge in [0.05, 0.1) is 12.6 Å². The molecule has 0 radical (unpaired) electrons. The second kappa shape index (κ2) is 8.04. The molecule has 8 heteroatoms. The highest BCUT2D eigenvalue weighted by molar-refractivity contribution is 5.79. The summed E-state index contributed by atoms with van der Waals surface area (Å²) in [6.07, 6.45) is 6.66. The van der Waals surface area contributed by atoms with E-state index in [0.29, 0.717) is 6.54 Å². The number of piperazine rings is 1. The van der Waals surface area contributed by atoms with E-state index >= 15 is 0 Å². The van der Waals surface area contributed by atoms with Gasteiger partial charge in [-0.25, -0.2) is 9.97 Å². The van der Waals surface area contributed by atoms with Crippen molar-refractivity contribution in [1.29, 1.82) is 0 Å². The molecule has 0 saturated carbocycles. The van der Waals surface area contributed by atoms with Crippen molar-refractivity contribution >= 4 is 11.9 Å². The van der Waals surface area contributed by atoms with Crippen LogP contribution in [0.4, 0.5) is 5.95 Å². The number of anilines is 1. The zero-order chi connectivity index (χ0) is 18.6. The number of carbonyl (C=O) groups excluding carboxylic acids is 1. The van der Waals surface area contributed by atoms with Crippen LogP contribution in [0.5, 0.6) is 0 Å². The topological polar surface area (TPSA) is 78.6 Å². The summed E-state index contributed by atoms with van der Waals surface area (Å²) in [6.45, 7) is 6.50. The monoisotopic (exact) mass is 370 g/mol. The van der Waals surface area contributed by atoms with Gasteiger partial charge in [0, 0.05) is 51.2 Å². The third-order valence-electron chi connectivity index (χ3n) is 5.38. The number of nitrogens with zero attached hydrogens (tertiary/aromatic N) is 6. The lowest BCUT2D eigenvalue weighted by atomic mass is 9.99. The van der Waals surface area contributed by atoms with Crippen LogP contribution < -0.4 is 4.90 Å². The fourth-order valence-electron chi connectivity index (χ4n) is 3.92. The van der Waals surface area contributed by atoms with Crippen molar-refractivity contribution in [3.63, 3.8) is 0 Å². The normalized spacial score (nSPS) is 21.4. The van der Waals surface area contributed by atoms with Gasteiger partial charge in [0.2, 0.25) is 11.9 Å². The number of amides is 1. The molecule has 0 N–H and O–H groups in total. The molecule has 4 heterocycles. The van der Waals surface area contributed by atoms with E-state index in [1.54, 1.807) is 12.4 Å². The summed E-state index contributed by atoms with van der Waals surface area (Å²) in [5.41, 5.74) is 0.881. The molecule has 27 heavy (non-hydrogen) atoms. The van der Waals surface area contributed by atoms with E-state index in [1.807, 2.05) is 24.0 Å². The third kappa shape index (κ3) is 4.10. The lowest BCUT2D eigenvalue weighted by Crippen LogP contribution is -2.51. The van der Waals surface area contributed by atoms with Crippen LogP contribution in [0.15, 0.2) is 29.0 Å². The van der Waals surface area contributed by atoms with Gasteiger partial charge in [0.15, 0.2) is 0 Å². The second-order valence-electron chi connectivity index (χ2n) is 7.27. The van der Waals surface area contributed by atoms with Crippen LogP contribution in [0.2, 0.25) is 0 Å². The van der Waals surface area contributed by atoms with E-state index in [9.17, 15) is 4.79 Å². The minimum atomic E-state index is 0.0442. The summed E-state index contributed by atoms with van der Waals surface area (Å²) in [5.74, 6) is 1.74. The van der Waals surface area contributed by atoms with E-state index < -0.39 is 0 Å². The minimum Gasteiger partial charge on any atom is -0.361 e. The number of aryl methyl sites for hydroxylation is 1. The van der Waals surface area contributed by atoms with E-state index in [0.717, 1.165) is 69.4 Å². The molecular formula is C19H26N6O2. The van der Waals surface area contributed by atoms with Crippen LogP contribution in [0.3, 0.4) is 0 Å². The molecule has 0 aromatic carbocycles. The fourth-order valence-corrected chi connectivity index (χ4v) is 3.92. The molecule has 2 aliphatic rings. The first-order chi connectivity index (χ1) is 13.2. The molecule has 0 spiro atoms. The van der Waals surface area contributed by atoms with Gasteiger partial charge in [-0.05, 0) is 32.3 Å². The van der Waals surface area contributed by atoms with Crippen LogP contribution in [0.25, 0.3) is 0 Å². The SMILES string of the molecule is Cc1cc([C@H]2CCCCN2C(=O)CN2CCN(c3ncccn3)CC2)no1.